The molecule has 0 saturated heterocycles. The van der Waals surface area contributed by atoms with Gasteiger partial charge in [-0.1, -0.05) is 19.1 Å². The number of rotatable bonds is 8. The van der Waals surface area contributed by atoms with Gasteiger partial charge in [-0.25, -0.2) is 8.42 Å². The minimum atomic E-state index is -3.45. The summed E-state index contributed by atoms with van der Waals surface area (Å²) in [6, 6.07) is 11.2. The SMILES string of the molecule is CCc1ccc(CNC(=NC)NCc2ccc(S(=O)(=O)N(C)C(C)C)cc2)s1. The molecule has 0 fully saturated rings. The third-order valence-corrected chi connectivity index (χ3v) is 7.78. The maximum absolute atomic E-state index is 12.5. The van der Waals surface area contributed by atoms with Gasteiger partial charge in [-0.3, -0.25) is 4.99 Å². The molecule has 0 atom stereocenters. The minimum Gasteiger partial charge on any atom is -0.352 e. The Morgan fingerprint density at radius 3 is 2.21 bits per heavy atom. The molecule has 2 aromatic rings. The summed E-state index contributed by atoms with van der Waals surface area (Å²) in [5.41, 5.74) is 0.985. The van der Waals surface area contributed by atoms with Gasteiger partial charge in [0.25, 0.3) is 0 Å². The second-order valence-electron chi connectivity index (χ2n) is 6.76. The number of hydrogen-bond donors (Lipinski definition) is 2. The maximum atomic E-state index is 12.5. The smallest absolute Gasteiger partial charge is 0.243 e. The summed E-state index contributed by atoms with van der Waals surface area (Å²) < 4.78 is 26.4. The van der Waals surface area contributed by atoms with Gasteiger partial charge in [-0.05, 0) is 50.1 Å². The number of aliphatic imine (C=N–C) groups is 1. The molecule has 1 heterocycles. The van der Waals surface area contributed by atoms with Gasteiger partial charge in [0.15, 0.2) is 5.96 Å². The Morgan fingerprint density at radius 1 is 1.07 bits per heavy atom. The van der Waals surface area contributed by atoms with Gasteiger partial charge in [0.2, 0.25) is 10.0 Å². The van der Waals surface area contributed by atoms with Crippen LogP contribution in [-0.4, -0.2) is 38.8 Å². The number of nitrogens with zero attached hydrogens (tertiary/aromatic N) is 2. The highest BCUT2D eigenvalue weighted by atomic mass is 32.2. The predicted molar refractivity (Wildman–Crippen MR) is 117 cm³/mol. The summed E-state index contributed by atoms with van der Waals surface area (Å²) in [5, 5.41) is 6.56. The molecule has 2 N–H and O–H groups in total. The lowest BCUT2D eigenvalue weighted by molar-refractivity contribution is 0.410. The van der Waals surface area contributed by atoms with Crippen molar-refractivity contribution in [2.75, 3.05) is 14.1 Å². The number of sulfonamides is 1. The zero-order chi connectivity index (χ0) is 20.7. The fraction of sp³-hybridized carbons (Fsp3) is 0.450. The van der Waals surface area contributed by atoms with Gasteiger partial charge in [0, 0.05) is 36.4 Å². The average Bonchev–Trinajstić information content (AvgIpc) is 3.15. The first kappa shape index (κ1) is 22.4. The molecule has 154 valence electrons. The van der Waals surface area contributed by atoms with Crippen molar-refractivity contribution in [3.8, 4) is 0 Å². The Bertz CT molecular complexity index is 887. The lowest BCUT2D eigenvalue weighted by Gasteiger charge is -2.21. The second kappa shape index (κ2) is 10.0. The van der Waals surface area contributed by atoms with Crippen LogP contribution in [0.25, 0.3) is 0 Å². The highest BCUT2D eigenvalue weighted by molar-refractivity contribution is 7.89. The Morgan fingerprint density at radius 2 is 1.68 bits per heavy atom. The van der Waals surface area contributed by atoms with Gasteiger partial charge >= 0.3 is 0 Å². The summed E-state index contributed by atoms with van der Waals surface area (Å²) in [6.45, 7) is 7.15. The topological polar surface area (TPSA) is 73.8 Å². The number of hydrogen-bond acceptors (Lipinski definition) is 4. The van der Waals surface area contributed by atoms with E-state index in [9.17, 15) is 8.42 Å². The van der Waals surface area contributed by atoms with Crippen LogP contribution in [0.4, 0.5) is 0 Å². The molecule has 8 heteroatoms. The third-order valence-electron chi connectivity index (χ3n) is 4.51. The van der Waals surface area contributed by atoms with E-state index >= 15 is 0 Å². The Balaban J connectivity index is 1.92. The molecule has 0 bridgehead atoms. The molecule has 0 aliphatic carbocycles. The molecule has 0 spiro atoms. The monoisotopic (exact) mass is 422 g/mol. The molecule has 0 unspecified atom stereocenters. The molecule has 28 heavy (non-hydrogen) atoms. The molecular weight excluding hydrogens is 392 g/mol. The van der Waals surface area contributed by atoms with E-state index in [1.165, 1.54) is 14.1 Å². The summed E-state index contributed by atoms with van der Waals surface area (Å²) in [6.07, 6.45) is 1.05. The van der Waals surface area contributed by atoms with Crippen molar-refractivity contribution in [3.63, 3.8) is 0 Å². The van der Waals surface area contributed by atoms with E-state index in [0.29, 0.717) is 17.4 Å². The number of benzene rings is 1. The fourth-order valence-electron chi connectivity index (χ4n) is 2.51. The van der Waals surface area contributed by atoms with Crippen LogP contribution in [0.5, 0.6) is 0 Å². The van der Waals surface area contributed by atoms with Crippen molar-refractivity contribution in [2.45, 2.75) is 51.2 Å². The molecule has 0 aliphatic rings. The molecule has 0 radical (unpaired) electrons. The van der Waals surface area contributed by atoms with E-state index in [1.54, 1.807) is 37.6 Å². The van der Waals surface area contributed by atoms with Crippen molar-refractivity contribution in [2.24, 2.45) is 4.99 Å². The quantitative estimate of drug-likeness (QED) is 0.506. The number of aryl methyl sites for hydroxylation is 1. The molecule has 1 aromatic carbocycles. The van der Waals surface area contributed by atoms with Crippen molar-refractivity contribution < 1.29 is 8.42 Å². The summed E-state index contributed by atoms with van der Waals surface area (Å²) in [5.74, 6) is 0.711. The van der Waals surface area contributed by atoms with Crippen LogP contribution < -0.4 is 10.6 Å². The molecule has 0 aliphatic heterocycles. The standard InChI is InChI=1S/C20H30N4O2S2/c1-6-17-9-10-18(27-17)14-23-20(21-4)22-13-16-7-11-19(12-8-16)28(25,26)24(5)15(2)3/h7-12,15H,6,13-14H2,1-5H3,(H2,21,22,23). The van der Waals surface area contributed by atoms with E-state index in [0.717, 1.165) is 18.5 Å². The lowest BCUT2D eigenvalue weighted by Crippen LogP contribution is -2.36. The van der Waals surface area contributed by atoms with Crippen molar-refractivity contribution >= 4 is 27.3 Å². The minimum absolute atomic E-state index is 0.0857. The van der Waals surface area contributed by atoms with E-state index in [2.05, 4.69) is 34.7 Å². The lowest BCUT2D eigenvalue weighted by atomic mass is 10.2. The summed E-state index contributed by atoms with van der Waals surface area (Å²) in [4.78, 5) is 7.19. The Kier molecular flexibility index (Phi) is 8.03. The molecule has 0 saturated carbocycles. The molecule has 6 nitrogen and oxygen atoms in total. The van der Waals surface area contributed by atoms with Crippen LogP contribution in [0.1, 0.15) is 36.1 Å². The van der Waals surface area contributed by atoms with Gasteiger partial charge in [-0.15, -0.1) is 11.3 Å². The van der Waals surface area contributed by atoms with Crippen LogP contribution in [0, 0.1) is 0 Å². The van der Waals surface area contributed by atoms with Crippen molar-refractivity contribution in [1.82, 2.24) is 14.9 Å². The largest absolute Gasteiger partial charge is 0.352 e. The van der Waals surface area contributed by atoms with Crippen LogP contribution in [0.3, 0.4) is 0 Å². The summed E-state index contributed by atoms with van der Waals surface area (Å²) >= 11 is 1.80. The fourth-order valence-corrected chi connectivity index (χ4v) is 4.77. The van der Waals surface area contributed by atoms with Gasteiger partial charge in [0.1, 0.15) is 0 Å². The molecular formula is C20H30N4O2S2. The molecule has 0 amide bonds. The summed E-state index contributed by atoms with van der Waals surface area (Å²) in [7, 11) is -0.118. The highest BCUT2D eigenvalue weighted by Crippen LogP contribution is 2.18. The Labute approximate surface area is 172 Å². The van der Waals surface area contributed by atoms with E-state index in [1.807, 2.05) is 26.0 Å². The van der Waals surface area contributed by atoms with Crippen LogP contribution in [0.2, 0.25) is 0 Å². The number of nitrogens with one attached hydrogen (secondary N) is 2. The van der Waals surface area contributed by atoms with E-state index in [4.69, 9.17) is 0 Å². The second-order valence-corrected chi connectivity index (χ2v) is 10.0. The van der Waals surface area contributed by atoms with Gasteiger partial charge in [0.05, 0.1) is 11.4 Å². The van der Waals surface area contributed by atoms with Crippen molar-refractivity contribution in [3.05, 3.63) is 51.7 Å². The first-order valence-corrected chi connectivity index (χ1v) is 11.6. The average molecular weight is 423 g/mol. The highest BCUT2D eigenvalue weighted by Gasteiger charge is 2.22. The van der Waals surface area contributed by atoms with Gasteiger partial charge in [-0.2, -0.15) is 4.31 Å². The normalized spacial score (nSPS) is 12.6. The molecule has 2 rings (SSSR count). The van der Waals surface area contributed by atoms with E-state index < -0.39 is 10.0 Å². The van der Waals surface area contributed by atoms with E-state index in [-0.39, 0.29) is 6.04 Å². The zero-order valence-electron chi connectivity index (χ0n) is 17.2. The van der Waals surface area contributed by atoms with Crippen LogP contribution >= 0.6 is 11.3 Å². The first-order valence-electron chi connectivity index (χ1n) is 9.37. The molecule has 1 aromatic heterocycles. The third kappa shape index (κ3) is 5.80. The predicted octanol–water partition coefficient (Wildman–Crippen LogP) is 3.20. The Hall–Kier alpha value is -1.90. The number of thiophene rings is 1. The van der Waals surface area contributed by atoms with Crippen molar-refractivity contribution in [1.29, 1.82) is 0 Å². The van der Waals surface area contributed by atoms with Crippen LogP contribution in [-0.2, 0) is 29.5 Å². The zero-order valence-corrected chi connectivity index (χ0v) is 18.8. The van der Waals surface area contributed by atoms with Crippen LogP contribution in [0.15, 0.2) is 46.3 Å². The maximum Gasteiger partial charge on any atom is 0.243 e. The van der Waals surface area contributed by atoms with Gasteiger partial charge < -0.3 is 10.6 Å². The first-order chi connectivity index (χ1) is 13.3. The number of guanidine groups is 1.